The minimum Gasteiger partial charge on any atom is -0.355 e. The average molecular weight is 363 g/mol. The van der Waals surface area contributed by atoms with E-state index in [-0.39, 0.29) is 23.7 Å². The standard InChI is InChI=1S/C16H23ClN2OS.ClH/c1-16(2,13-5-3-4-6-14(13)17)11-19-15(20)9-12-10-21-8-7-18-12;/h3-6,12,18H,7-11H2,1-2H3,(H,19,20);1H. The molecule has 0 aliphatic carbocycles. The third kappa shape index (κ3) is 5.65. The Morgan fingerprint density at radius 3 is 2.82 bits per heavy atom. The summed E-state index contributed by atoms with van der Waals surface area (Å²) in [6.07, 6.45) is 0.547. The van der Waals surface area contributed by atoms with Crippen LogP contribution in [0.15, 0.2) is 24.3 Å². The molecular weight excluding hydrogens is 339 g/mol. The summed E-state index contributed by atoms with van der Waals surface area (Å²) in [6, 6.07) is 8.12. The molecule has 1 saturated heterocycles. The van der Waals surface area contributed by atoms with Crippen molar-refractivity contribution < 1.29 is 4.79 Å². The molecule has 1 fully saturated rings. The Morgan fingerprint density at radius 2 is 2.18 bits per heavy atom. The van der Waals surface area contributed by atoms with E-state index in [1.54, 1.807) is 0 Å². The van der Waals surface area contributed by atoms with E-state index in [1.807, 2.05) is 36.0 Å². The molecule has 1 amide bonds. The summed E-state index contributed by atoms with van der Waals surface area (Å²) in [5.74, 6) is 2.26. The van der Waals surface area contributed by atoms with Crippen molar-refractivity contribution in [2.24, 2.45) is 0 Å². The topological polar surface area (TPSA) is 41.1 Å². The monoisotopic (exact) mass is 362 g/mol. The summed E-state index contributed by atoms with van der Waals surface area (Å²) >= 11 is 8.16. The number of hydrogen-bond donors (Lipinski definition) is 2. The van der Waals surface area contributed by atoms with Crippen LogP contribution in [0.4, 0.5) is 0 Å². The van der Waals surface area contributed by atoms with Crippen LogP contribution in [0.3, 0.4) is 0 Å². The first kappa shape index (κ1) is 19.6. The second kappa shape index (κ2) is 9.02. The number of carbonyl (C=O) groups is 1. The fraction of sp³-hybridized carbons (Fsp3) is 0.562. The van der Waals surface area contributed by atoms with E-state index in [9.17, 15) is 4.79 Å². The normalized spacial score (nSPS) is 18.4. The Kier molecular flexibility index (Phi) is 8.04. The summed E-state index contributed by atoms with van der Waals surface area (Å²) < 4.78 is 0. The molecule has 1 heterocycles. The summed E-state index contributed by atoms with van der Waals surface area (Å²) in [5, 5.41) is 7.19. The number of benzene rings is 1. The quantitative estimate of drug-likeness (QED) is 0.844. The molecular formula is C16H24Cl2N2OS. The van der Waals surface area contributed by atoms with Gasteiger partial charge in [-0.2, -0.15) is 11.8 Å². The summed E-state index contributed by atoms with van der Waals surface area (Å²) in [7, 11) is 0. The van der Waals surface area contributed by atoms with Crippen LogP contribution < -0.4 is 10.6 Å². The second-order valence-corrected chi connectivity index (χ2v) is 7.63. The van der Waals surface area contributed by atoms with Crippen molar-refractivity contribution in [3.63, 3.8) is 0 Å². The van der Waals surface area contributed by atoms with Gasteiger partial charge in [0.05, 0.1) is 0 Å². The van der Waals surface area contributed by atoms with Crippen LogP contribution in [0.25, 0.3) is 0 Å². The molecule has 3 nitrogen and oxygen atoms in total. The zero-order valence-corrected chi connectivity index (χ0v) is 15.4. The van der Waals surface area contributed by atoms with E-state index in [0.29, 0.717) is 19.0 Å². The largest absolute Gasteiger partial charge is 0.355 e. The van der Waals surface area contributed by atoms with Crippen molar-refractivity contribution >= 4 is 41.7 Å². The Morgan fingerprint density at radius 1 is 1.45 bits per heavy atom. The number of carbonyl (C=O) groups excluding carboxylic acids is 1. The molecule has 124 valence electrons. The Hall–Kier alpha value is -0.420. The zero-order chi connectivity index (χ0) is 15.3. The van der Waals surface area contributed by atoms with Gasteiger partial charge in [-0.1, -0.05) is 43.6 Å². The highest BCUT2D eigenvalue weighted by molar-refractivity contribution is 7.99. The maximum Gasteiger partial charge on any atom is 0.221 e. The Labute approximate surface area is 148 Å². The lowest BCUT2D eigenvalue weighted by Crippen LogP contribution is -2.43. The molecule has 1 atom stereocenters. The fourth-order valence-corrected chi connectivity index (χ4v) is 3.81. The molecule has 22 heavy (non-hydrogen) atoms. The lowest BCUT2D eigenvalue weighted by atomic mass is 9.84. The summed E-state index contributed by atoms with van der Waals surface area (Å²) in [4.78, 5) is 12.1. The molecule has 1 aromatic carbocycles. The van der Waals surface area contributed by atoms with Gasteiger partial charge in [-0.05, 0) is 11.6 Å². The van der Waals surface area contributed by atoms with Crippen LogP contribution in [-0.2, 0) is 10.2 Å². The third-order valence-corrected chi connectivity index (χ3v) is 5.22. The minimum atomic E-state index is -0.178. The lowest BCUT2D eigenvalue weighted by Gasteiger charge is -2.28. The molecule has 6 heteroatoms. The Bertz CT molecular complexity index is 491. The van der Waals surface area contributed by atoms with Gasteiger partial charge in [0.15, 0.2) is 0 Å². The van der Waals surface area contributed by atoms with Gasteiger partial charge < -0.3 is 10.6 Å². The highest BCUT2D eigenvalue weighted by Gasteiger charge is 2.24. The van der Waals surface area contributed by atoms with Crippen LogP contribution in [0, 0.1) is 0 Å². The summed E-state index contributed by atoms with van der Waals surface area (Å²) in [5.41, 5.74) is 0.890. The second-order valence-electron chi connectivity index (χ2n) is 6.07. The number of hydrogen-bond acceptors (Lipinski definition) is 3. The molecule has 0 spiro atoms. The van der Waals surface area contributed by atoms with Gasteiger partial charge >= 0.3 is 0 Å². The van der Waals surface area contributed by atoms with Crippen molar-refractivity contribution in [3.8, 4) is 0 Å². The summed E-state index contributed by atoms with van der Waals surface area (Å²) in [6.45, 7) is 5.79. The van der Waals surface area contributed by atoms with E-state index in [1.165, 1.54) is 0 Å². The molecule has 0 saturated carbocycles. The molecule has 0 aromatic heterocycles. The fourth-order valence-electron chi connectivity index (χ4n) is 2.47. The van der Waals surface area contributed by atoms with Gasteiger partial charge in [0.1, 0.15) is 0 Å². The van der Waals surface area contributed by atoms with Crippen molar-refractivity contribution in [3.05, 3.63) is 34.9 Å². The number of halogens is 2. The smallest absolute Gasteiger partial charge is 0.221 e. The van der Waals surface area contributed by atoms with Crippen LogP contribution in [0.1, 0.15) is 25.8 Å². The van der Waals surface area contributed by atoms with Gasteiger partial charge in [0.25, 0.3) is 0 Å². The maximum absolute atomic E-state index is 12.1. The van der Waals surface area contributed by atoms with Crippen molar-refractivity contribution in [2.75, 3.05) is 24.6 Å². The van der Waals surface area contributed by atoms with Crippen LogP contribution in [-0.4, -0.2) is 36.5 Å². The minimum absolute atomic E-state index is 0. The van der Waals surface area contributed by atoms with Crippen LogP contribution >= 0.6 is 35.8 Å². The molecule has 0 bridgehead atoms. The molecule has 2 N–H and O–H groups in total. The zero-order valence-electron chi connectivity index (χ0n) is 13.0. The van der Waals surface area contributed by atoms with E-state index in [2.05, 4.69) is 24.5 Å². The predicted molar refractivity (Wildman–Crippen MR) is 98.5 cm³/mol. The molecule has 2 rings (SSSR count). The first-order valence-corrected chi connectivity index (χ1v) is 8.85. The van der Waals surface area contributed by atoms with Gasteiger partial charge in [0.2, 0.25) is 5.91 Å². The number of amides is 1. The highest BCUT2D eigenvalue weighted by Crippen LogP contribution is 2.29. The van der Waals surface area contributed by atoms with Crippen LogP contribution in [0.2, 0.25) is 5.02 Å². The lowest BCUT2D eigenvalue weighted by molar-refractivity contribution is -0.121. The first-order valence-electron chi connectivity index (χ1n) is 7.32. The number of nitrogens with one attached hydrogen (secondary N) is 2. The van der Waals surface area contributed by atoms with Crippen LogP contribution in [0.5, 0.6) is 0 Å². The SMILES string of the molecule is CC(C)(CNC(=O)CC1CSCCN1)c1ccccc1Cl.Cl. The van der Waals surface area contributed by atoms with Gasteiger partial charge in [0, 0.05) is 47.5 Å². The molecule has 1 unspecified atom stereocenters. The van der Waals surface area contributed by atoms with Crippen molar-refractivity contribution in [1.29, 1.82) is 0 Å². The average Bonchev–Trinajstić information content (AvgIpc) is 2.47. The number of rotatable bonds is 5. The molecule has 1 aliphatic heterocycles. The molecule has 0 radical (unpaired) electrons. The highest BCUT2D eigenvalue weighted by atomic mass is 35.5. The van der Waals surface area contributed by atoms with E-state index in [0.717, 1.165) is 28.6 Å². The third-order valence-electron chi connectivity index (χ3n) is 3.76. The van der Waals surface area contributed by atoms with Crippen molar-refractivity contribution in [2.45, 2.75) is 31.7 Å². The van der Waals surface area contributed by atoms with Gasteiger partial charge in [-0.15, -0.1) is 12.4 Å². The Balaban J connectivity index is 0.00000242. The van der Waals surface area contributed by atoms with Crippen molar-refractivity contribution in [1.82, 2.24) is 10.6 Å². The first-order chi connectivity index (χ1) is 9.99. The predicted octanol–water partition coefficient (Wildman–Crippen LogP) is 3.25. The maximum atomic E-state index is 12.1. The van der Waals surface area contributed by atoms with Gasteiger partial charge in [-0.3, -0.25) is 4.79 Å². The molecule has 1 aromatic rings. The molecule has 1 aliphatic rings. The number of thioether (sulfide) groups is 1. The van der Waals surface area contributed by atoms with E-state index < -0.39 is 0 Å². The van der Waals surface area contributed by atoms with Gasteiger partial charge in [-0.25, -0.2) is 0 Å². The van der Waals surface area contributed by atoms with E-state index >= 15 is 0 Å². The van der Waals surface area contributed by atoms with E-state index in [4.69, 9.17) is 11.6 Å².